The summed E-state index contributed by atoms with van der Waals surface area (Å²) < 4.78 is 45.6. The maximum Gasteiger partial charge on any atom is 0.242 e. The van der Waals surface area contributed by atoms with Crippen LogP contribution in [-0.2, 0) is 39.1 Å². The molecule has 2 amide bonds. The van der Waals surface area contributed by atoms with Gasteiger partial charge in [-0.15, -0.1) is 0 Å². The number of hydrogen-bond donors (Lipinski definition) is 2. The number of amides is 2. The van der Waals surface area contributed by atoms with Gasteiger partial charge in [-0.25, -0.2) is 17.5 Å². The van der Waals surface area contributed by atoms with Gasteiger partial charge >= 0.3 is 0 Å². The van der Waals surface area contributed by atoms with Gasteiger partial charge in [0.25, 0.3) is 0 Å². The van der Waals surface area contributed by atoms with Crippen LogP contribution >= 0.6 is 0 Å². The number of carbonyl (C=O) groups excluding carboxylic acids is 2. The number of para-hydroxylation sites is 1. The van der Waals surface area contributed by atoms with Gasteiger partial charge in [0.2, 0.25) is 21.8 Å². The molecule has 3 rings (SSSR count). The smallest absolute Gasteiger partial charge is 0.242 e. The third-order valence-corrected chi connectivity index (χ3v) is 7.84. The quantitative estimate of drug-likeness (QED) is 0.334. The second-order valence-electron chi connectivity index (χ2n) is 9.00. The molecule has 0 spiro atoms. The Balaban J connectivity index is 1.71. The number of methoxy groups -OCH3 is 1. The van der Waals surface area contributed by atoms with Crippen LogP contribution in [0.5, 0.6) is 5.75 Å². The van der Waals surface area contributed by atoms with Crippen molar-refractivity contribution in [2.75, 3.05) is 13.7 Å². The van der Waals surface area contributed by atoms with Gasteiger partial charge in [0.05, 0.1) is 12.0 Å². The predicted octanol–water partition coefficient (Wildman–Crippen LogP) is 3.80. The third kappa shape index (κ3) is 8.36. The van der Waals surface area contributed by atoms with Gasteiger partial charge in [0.15, 0.2) is 0 Å². The van der Waals surface area contributed by atoms with E-state index in [1.165, 1.54) is 29.2 Å². The molecule has 0 saturated carbocycles. The number of sulfonamides is 1. The monoisotopic (exact) mass is 555 g/mol. The van der Waals surface area contributed by atoms with Crippen molar-refractivity contribution in [3.63, 3.8) is 0 Å². The zero-order chi connectivity index (χ0) is 28.4. The first-order valence-electron chi connectivity index (χ1n) is 12.7. The van der Waals surface area contributed by atoms with Gasteiger partial charge in [-0.2, -0.15) is 0 Å². The zero-order valence-electron chi connectivity index (χ0n) is 22.3. The molecule has 8 nitrogen and oxygen atoms in total. The summed E-state index contributed by atoms with van der Waals surface area (Å²) in [7, 11) is -2.01. The third-order valence-electron chi connectivity index (χ3n) is 6.27. The molecule has 0 saturated heterocycles. The minimum absolute atomic E-state index is 0.102. The van der Waals surface area contributed by atoms with E-state index in [1.54, 1.807) is 51.3 Å². The summed E-state index contributed by atoms with van der Waals surface area (Å²) >= 11 is 0. The maximum absolute atomic E-state index is 13.4. The van der Waals surface area contributed by atoms with Crippen molar-refractivity contribution >= 4 is 21.8 Å². The van der Waals surface area contributed by atoms with Crippen molar-refractivity contribution in [3.8, 4) is 5.75 Å². The number of hydrogen-bond acceptors (Lipinski definition) is 5. The Bertz CT molecular complexity index is 1360. The molecule has 0 aliphatic heterocycles. The number of carbonyl (C=O) groups is 2. The first kappa shape index (κ1) is 29.8. The van der Waals surface area contributed by atoms with Gasteiger partial charge in [-0.3, -0.25) is 9.59 Å². The van der Waals surface area contributed by atoms with Crippen molar-refractivity contribution in [3.05, 3.63) is 95.3 Å². The summed E-state index contributed by atoms with van der Waals surface area (Å²) in [5, 5.41) is 2.87. The van der Waals surface area contributed by atoms with E-state index in [2.05, 4.69) is 10.0 Å². The van der Waals surface area contributed by atoms with Crippen molar-refractivity contribution < 1.29 is 27.1 Å². The van der Waals surface area contributed by atoms with E-state index in [0.29, 0.717) is 17.7 Å². The van der Waals surface area contributed by atoms with Crippen molar-refractivity contribution in [1.82, 2.24) is 14.9 Å². The Morgan fingerprint density at radius 3 is 2.26 bits per heavy atom. The number of rotatable bonds is 13. The highest BCUT2D eigenvalue weighted by Crippen LogP contribution is 2.18. The Morgan fingerprint density at radius 1 is 0.974 bits per heavy atom. The van der Waals surface area contributed by atoms with Gasteiger partial charge in [0, 0.05) is 31.6 Å². The lowest BCUT2D eigenvalue weighted by Gasteiger charge is -2.29. The molecule has 3 aromatic carbocycles. The number of nitrogens with one attached hydrogen (secondary N) is 2. The normalized spacial score (nSPS) is 12.0. The molecule has 1 atom stereocenters. The lowest BCUT2D eigenvalue weighted by atomic mass is 10.1. The van der Waals surface area contributed by atoms with E-state index < -0.39 is 16.1 Å². The van der Waals surface area contributed by atoms with Crippen LogP contribution in [-0.4, -0.2) is 44.8 Å². The van der Waals surface area contributed by atoms with Crippen molar-refractivity contribution in [2.45, 2.75) is 50.7 Å². The molecule has 208 valence electrons. The standard InChI is InChI=1S/C29H34FN3O5S/c1-4-32-39(36,37)26-16-11-22(12-17-26)13-18-28(34)33(20-23-9-14-25(30)15-10-23)21(2)29(35)31-19-24-7-5-6-8-27(24)38-3/h5-12,14-17,21,32H,4,13,18-20H2,1-3H3,(H,31,35). The molecule has 39 heavy (non-hydrogen) atoms. The summed E-state index contributed by atoms with van der Waals surface area (Å²) in [6, 6.07) is 18.7. The van der Waals surface area contributed by atoms with Crippen LogP contribution in [0.3, 0.4) is 0 Å². The number of nitrogens with zero attached hydrogens (tertiary/aromatic N) is 1. The summed E-state index contributed by atoms with van der Waals surface area (Å²) in [5.41, 5.74) is 2.28. The number of benzene rings is 3. The minimum Gasteiger partial charge on any atom is -0.496 e. The molecular weight excluding hydrogens is 521 g/mol. The molecule has 2 N–H and O–H groups in total. The highest BCUT2D eigenvalue weighted by atomic mass is 32.2. The van der Waals surface area contributed by atoms with Crippen LogP contribution in [0.2, 0.25) is 0 Å². The van der Waals surface area contributed by atoms with Crippen LogP contribution in [0.25, 0.3) is 0 Å². The molecule has 1 unspecified atom stereocenters. The molecule has 0 heterocycles. The minimum atomic E-state index is -3.56. The molecule has 0 aliphatic carbocycles. The van der Waals surface area contributed by atoms with Crippen LogP contribution in [0.1, 0.15) is 37.0 Å². The van der Waals surface area contributed by atoms with Gasteiger partial charge < -0.3 is 15.0 Å². The maximum atomic E-state index is 13.4. The van der Waals surface area contributed by atoms with Gasteiger partial charge in [0.1, 0.15) is 17.6 Å². The molecule has 10 heteroatoms. The van der Waals surface area contributed by atoms with E-state index in [0.717, 1.165) is 11.1 Å². The van der Waals surface area contributed by atoms with E-state index in [-0.39, 0.29) is 48.6 Å². The number of halogens is 1. The molecule has 0 radical (unpaired) electrons. The summed E-state index contributed by atoms with van der Waals surface area (Å²) in [5.74, 6) is -0.342. The van der Waals surface area contributed by atoms with Crippen LogP contribution < -0.4 is 14.8 Å². The largest absolute Gasteiger partial charge is 0.496 e. The van der Waals surface area contributed by atoms with Gasteiger partial charge in [-0.1, -0.05) is 49.4 Å². The molecule has 0 aliphatic rings. The second-order valence-corrected chi connectivity index (χ2v) is 10.8. The Hall–Kier alpha value is -3.76. The fraction of sp³-hybridized carbons (Fsp3) is 0.310. The summed E-state index contributed by atoms with van der Waals surface area (Å²) in [4.78, 5) is 28.1. The Labute approximate surface area is 229 Å². The van der Waals surface area contributed by atoms with Gasteiger partial charge in [-0.05, 0) is 54.8 Å². The summed E-state index contributed by atoms with van der Waals surface area (Å²) in [6.45, 7) is 4.00. The van der Waals surface area contributed by atoms with E-state index in [4.69, 9.17) is 4.74 Å². The van der Waals surface area contributed by atoms with Crippen LogP contribution in [0.15, 0.2) is 77.7 Å². The molecule has 0 bridgehead atoms. The molecular formula is C29H34FN3O5S. The molecule has 0 fully saturated rings. The van der Waals surface area contributed by atoms with Crippen molar-refractivity contribution in [2.24, 2.45) is 0 Å². The van der Waals surface area contributed by atoms with Crippen LogP contribution in [0, 0.1) is 5.82 Å². The van der Waals surface area contributed by atoms with Crippen LogP contribution in [0.4, 0.5) is 4.39 Å². The first-order chi connectivity index (χ1) is 18.6. The second kappa shape index (κ2) is 13.9. The molecule has 0 aromatic heterocycles. The van der Waals surface area contributed by atoms with E-state index >= 15 is 0 Å². The lowest BCUT2D eigenvalue weighted by molar-refractivity contribution is -0.140. The highest BCUT2D eigenvalue weighted by Gasteiger charge is 2.26. The fourth-order valence-electron chi connectivity index (χ4n) is 4.05. The van der Waals surface area contributed by atoms with E-state index in [9.17, 15) is 22.4 Å². The average Bonchev–Trinajstić information content (AvgIpc) is 2.94. The van der Waals surface area contributed by atoms with Crippen molar-refractivity contribution in [1.29, 1.82) is 0 Å². The lowest BCUT2D eigenvalue weighted by Crippen LogP contribution is -2.47. The Kier molecular flexibility index (Phi) is 10.6. The topological polar surface area (TPSA) is 105 Å². The van der Waals surface area contributed by atoms with E-state index in [1.807, 2.05) is 18.2 Å². The Morgan fingerprint density at radius 2 is 1.62 bits per heavy atom. The number of ether oxygens (including phenoxy) is 1. The SMILES string of the molecule is CCNS(=O)(=O)c1ccc(CCC(=O)N(Cc2ccc(F)cc2)C(C)C(=O)NCc2ccccc2OC)cc1. The highest BCUT2D eigenvalue weighted by molar-refractivity contribution is 7.89. The number of aryl methyl sites for hydroxylation is 1. The molecule has 3 aromatic rings. The predicted molar refractivity (Wildman–Crippen MR) is 147 cm³/mol. The first-order valence-corrected chi connectivity index (χ1v) is 14.1. The zero-order valence-corrected chi connectivity index (χ0v) is 23.1. The fourth-order valence-corrected chi connectivity index (χ4v) is 5.09. The average molecular weight is 556 g/mol. The summed E-state index contributed by atoms with van der Waals surface area (Å²) in [6.07, 6.45) is 0.459.